The highest BCUT2D eigenvalue weighted by Crippen LogP contribution is 2.47. The number of amides is 2. The van der Waals surface area contributed by atoms with E-state index >= 15 is 0 Å². The van der Waals surface area contributed by atoms with Gasteiger partial charge in [0.1, 0.15) is 18.0 Å². The standard InChI is InChI=1S/C25H30ClN3O5/c1-29(2)13-24(32)28-17-7-8-21-19(9-17)20-10-18(33-22(14-30)25(20)34-21)11-23(31)27-12-15-3-5-16(26)6-4-15/h3-9,18,20,22,25,30H,10-14H2,1-2H3,(H,27,31)(H,28,32)/t18-,20+,22-,25-/m1/s1. The molecule has 0 bridgehead atoms. The lowest BCUT2D eigenvalue weighted by Crippen LogP contribution is -2.47. The number of hydrogen-bond acceptors (Lipinski definition) is 6. The first-order valence-electron chi connectivity index (χ1n) is 11.3. The average molecular weight is 488 g/mol. The second kappa shape index (κ2) is 10.7. The Morgan fingerprint density at radius 2 is 1.91 bits per heavy atom. The predicted molar refractivity (Wildman–Crippen MR) is 129 cm³/mol. The summed E-state index contributed by atoms with van der Waals surface area (Å²) in [4.78, 5) is 26.6. The molecule has 2 aliphatic rings. The van der Waals surface area contributed by atoms with E-state index in [0.717, 1.165) is 16.9 Å². The monoisotopic (exact) mass is 487 g/mol. The molecule has 2 amide bonds. The number of hydrogen-bond donors (Lipinski definition) is 3. The third kappa shape index (κ3) is 5.88. The fourth-order valence-electron chi connectivity index (χ4n) is 4.54. The summed E-state index contributed by atoms with van der Waals surface area (Å²) >= 11 is 5.91. The lowest BCUT2D eigenvalue weighted by molar-refractivity contribution is -0.142. The third-order valence-corrected chi connectivity index (χ3v) is 6.31. The van der Waals surface area contributed by atoms with Crippen LogP contribution < -0.4 is 15.4 Å². The van der Waals surface area contributed by atoms with Crippen molar-refractivity contribution < 1.29 is 24.2 Å². The quantitative estimate of drug-likeness (QED) is 0.529. The highest BCUT2D eigenvalue weighted by molar-refractivity contribution is 6.30. The minimum absolute atomic E-state index is 0.0410. The number of carbonyl (C=O) groups excluding carboxylic acids is 2. The van der Waals surface area contributed by atoms with E-state index in [1.54, 1.807) is 23.1 Å². The fraction of sp³-hybridized carbons (Fsp3) is 0.440. The molecule has 3 N–H and O–H groups in total. The number of ether oxygens (including phenoxy) is 2. The number of likely N-dealkylation sites (N-methyl/N-ethyl adjacent to an activating group) is 1. The van der Waals surface area contributed by atoms with Crippen LogP contribution in [0.15, 0.2) is 42.5 Å². The van der Waals surface area contributed by atoms with E-state index in [1.165, 1.54) is 0 Å². The van der Waals surface area contributed by atoms with Gasteiger partial charge >= 0.3 is 0 Å². The van der Waals surface area contributed by atoms with Crippen LogP contribution in [0.4, 0.5) is 5.69 Å². The molecule has 2 aromatic carbocycles. The van der Waals surface area contributed by atoms with E-state index in [1.807, 2.05) is 38.4 Å². The van der Waals surface area contributed by atoms with Crippen molar-refractivity contribution in [3.63, 3.8) is 0 Å². The zero-order valence-corrected chi connectivity index (χ0v) is 20.0. The van der Waals surface area contributed by atoms with Crippen LogP contribution in [-0.2, 0) is 20.9 Å². The summed E-state index contributed by atoms with van der Waals surface area (Å²) in [6.07, 6.45) is -0.460. The molecule has 34 heavy (non-hydrogen) atoms. The summed E-state index contributed by atoms with van der Waals surface area (Å²) in [5, 5.41) is 16.4. The van der Waals surface area contributed by atoms with Gasteiger partial charge in [-0.2, -0.15) is 0 Å². The number of halogens is 1. The highest BCUT2D eigenvalue weighted by atomic mass is 35.5. The van der Waals surface area contributed by atoms with E-state index in [-0.39, 0.29) is 49.5 Å². The van der Waals surface area contributed by atoms with Crippen molar-refractivity contribution in [1.29, 1.82) is 0 Å². The molecule has 2 aromatic rings. The topological polar surface area (TPSA) is 100 Å². The van der Waals surface area contributed by atoms with Crippen LogP contribution in [0.1, 0.15) is 29.9 Å². The average Bonchev–Trinajstić information content (AvgIpc) is 3.15. The summed E-state index contributed by atoms with van der Waals surface area (Å²) in [5.41, 5.74) is 2.61. The van der Waals surface area contributed by atoms with Gasteiger partial charge in [0.05, 0.1) is 25.7 Å². The Morgan fingerprint density at radius 1 is 1.15 bits per heavy atom. The first kappa shape index (κ1) is 24.5. The first-order valence-corrected chi connectivity index (χ1v) is 11.7. The molecule has 0 unspecified atom stereocenters. The molecule has 0 saturated carbocycles. The van der Waals surface area contributed by atoms with Gasteiger partial charge in [-0.25, -0.2) is 0 Å². The van der Waals surface area contributed by atoms with Gasteiger partial charge in [-0.3, -0.25) is 9.59 Å². The van der Waals surface area contributed by atoms with Gasteiger partial charge in [0.15, 0.2) is 0 Å². The Kier molecular flexibility index (Phi) is 7.73. The molecule has 0 aliphatic carbocycles. The van der Waals surface area contributed by atoms with Crippen LogP contribution >= 0.6 is 11.6 Å². The number of carbonyl (C=O) groups is 2. The maximum atomic E-state index is 12.6. The van der Waals surface area contributed by atoms with Crippen molar-refractivity contribution >= 4 is 29.1 Å². The zero-order chi connectivity index (χ0) is 24.2. The lowest BCUT2D eigenvalue weighted by Gasteiger charge is -2.37. The van der Waals surface area contributed by atoms with E-state index in [0.29, 0.717) is 23.7 Å². The Morgan fingerprint density at radius 3 is 2.62 bits per heavy atom. The normalized spacial score (nSPS) is 23.1. The molecule has 2 heterocycles. The second-order valence-electron chi connectivity index (χ2n) is 9.05. The van der Waals surface area contributed by atoms with Crippen molar-refractivity contribution in [3.05, 3.63) is 58.6 Å². The SMILES string of the molecule is CN(C)CC(=O)Nc1ccc2c(c1)[C@@H]1C[C@H](CC(=O)NCc3ccc(Cl)cc3)O[C@H](CO)[C@@H]1O2. The molecule has 2 aliphatic heterocycles. The van der Waals surface area contributed by atoms with Crippen LogP contribution in [0.3, 0.4) is 0 Å². The second-order valence-corrected chi connectivity index (χ2v) is 9.49. The maximum absolute atomic E-state index is 12.6. The zero-order valence-electron chi connectivity index (χ0n) is 19.3. The molecule has 182 valence electrons. The highest BCUT2D eigenvalue weighted by Gasteiger charge is 2.46. The van der Waals surface area contributed by atoms with E-state index in [4.69, 9.17) is 21.1 Å². The number of nitrogens with zero attached hydrogens (tertiary/aromatic N) is 1. The minimum atomic E-state index is -0.535. The summed E-state index contributed by atoms with van der Waals surface area (Å²) in [6, 6.07) is 12.9. The van der Waals surface area contributed by atoms with Crippen LogP contribution in [0.25, 0.3) is 0 Å². The Bertz CT molecular complexity index is 1030. The first-order chi connectivity index (χ1) is 16.3. The fourth-order valence-corrected chi connectivity index (χ4v) is 4.66. The molecule has 0 aromatic heterocycles. The summed E-state index contributed by atoms with van der Waals surface area (Å²) < 4.78 is 12.1. The molecular weight excluding hydrogens is 458 g/mol. The number of fused-ring (bicyclic) bond motifs is 3. The molecule has 0 radical (unpaired) electrons. The van der Waals surface area contributed by atoms with Crippen LogP contribution in [0.5, 0.6) is 5.75 Å². The van der Waals surface area contributed by atoms with Crippen LogP contribution in [0, 0.1) is 0 Å². The van der Waals surface area contributed by atoms with Crippen molar-refractivity contribution in [2.75, 3.05) is 32.6 Å². The van der Waals surface area contributed by atoms with Gasteiger partial charge in [-0.15, -0.1) is 0 Å². The number of rotatable bonds is 8. The molecule has 1 fully saturated rings. The maximum Gasteiger partial charge on any atom is 0.238 e. The Balaban J connectivity index is 1.41. The van der Waals surface area contributed by atoms with E-state index in [9.17, 15) is 14.7 Å². The Hall–Kier alpha value is -2.65. The third-order valence-electron chi connectivity index (χ3n) is 6.06. The largest absolute Gasteiger partial charge is 0.487 e. The molecule has 0 spiro atoms. The van der Waals surface area contributed by atoms with Crippen molar-refractivity contribution in [2.24, 2.45) is 0 Å². The van der Waals surface area contributed by atoms with Crippen LogP contribution in [-0.4, -0.2) is 67.4 Å². The van der Waals surface area contributed by atoms with E-state index < -0.39 is 6.10 Å². The predicted octanol–water partition coefficient (Wildman–Crippen LogP) is 2.54. The molecule has 1 saturated heterocycles. The number of aliphatic hydroxyl groups excluding tert-OH is 1. The van der Waals surface area contributed by atoms with Gasteiger partial charge in [0.25, 0.3) is 0 Å². The van der Waals surface area contributed by atoms with Gasteiger partial charge < -0.3 is 30.1 Å². The summed E-state index contributed by atoms with van der Waals surface area (Å²) in [7, 11) is 3.67. The molecule has 9 heteroatoms. The molecular formula is C25H30ClN3O5. The summed E-state index contributed by atoms with van der Waals surface area (Å²) in [5.74, 6) is 0.450. The van der Waals surface area contributed by atoms with Gasteiger partial charge in [-0.1, -0.05) is 23.7 Å². The van der Waals surface area contributed by atoms with Gasteiger partial charge in [0, 0.05) is 28.7 Å². The van der Waals surface area contributed by atoms with Crippen molar-refractivity contribution in [2.45, 2.75) is 43.6 Å². The number of anilines is 1. The van der Waals surface area contributed by atoms with Crippen molar-refractivity contribution in [3.8, 4) is 5.75 Å². The van der Waals surface area contributed by atoms with Gasteiger partial charge in [0.2, 0.25) is 11.8 Å². The molecule has 4 rings (SSSR count). The number of benzene rings is 2. The smallest absolute Gasteiger partial charge is 0.238 e. The van der Waals surface area contributed by atoms with Crippen LogP contribution in [0.2, 0.25) is 5.02 Å². The summed E-state index contributed by atoms with van der Waals surface area (Å²) in [6.45, 7) is 0.484. The Labute approximate surface area is 204 Å². The van der Waals surface area contributed by atoms with Gasteiger partial charge in [-0.05, 0) is 56.4 Å². The molecule has 4 atom stereocenters. The number of nitrogens with one attached hydrogen (secondary N) is 2. The number of aliphatic hydroxyl groups is 1. The minimum Gasteiger partial charge on any atom is -0.487 e. The lowest BCUT2D eigenvalue weighted by atomic mass is 9.84. The van der Waals surface area contributed by atoms with Crippen molar-refractivity contribution in [1.82, 2.24) is 10.2 Å². The van der Waals surface area contributed by atoms with E-state index in [2.05, 4.69) is 10.6 Å². The molecule has 8 nitrogen and oxygen atoms in total.